The van der Waals surface area contributed by atoms with Gasteiger partial charge in [-0.3, -0.25) is 4.79 Å². The van der Waals surface area contributed by atoms with Crippen molar-refractivity contribution >= 4 is 29.7 Å². The average molecular weight is 363 g/mol. The number of amides is 1. The van der Waals surface area contributed by atoms with Crippen LogP contribution in [0.25, 0.3) is 0 Å². The third-order valence-corrected chi connectivity index (χ3v) is 3.89. The van der Waals surface area contributed by atoms with Gasteiger partial charge in [-0.2, -0.15) is 9.47 Å². The number of aromatic hydroxyl groups is 1. The predicted octanol–water partition coefficient (Wildman–Crippen LogP) is 0.609. The van der Waals surface area contributed by atoms with Gasteiger partial charge in [0.15, 0.2) is 6.61 Å². The molecule has 0 spiro atoms. The minimum atomic E-state index is -0.407. The van der Waals surface area contributed by atoms with Crippen molar-refractivity contribution in [2.24, 2.45) is 5.10 Å². The lowest BCUT2D eigenvalue weighted by Gasteiger charge is -2.26. The summed E-state index contributed by atoms with van der Waals surface area (Å²) in [6, 6.07) is 6.43. The highest BCUT2D eigenvalue weighted by Crippen LogP contribution is 2.26. The molecule has 1 saturated heterocycles. The normalized spacial score (nSPS) is 14.6. The summed E-state index contributed by atoms with van der Waals surface area (Å²) in [5.74, 6) is 0.733. The van der Waals surface area contributed by atoms with Crippen LogP contribution in [0.2, 0.25) is 0 Å². The van der Waals surface area contributed by atoms with E-state index in [0.29, 0.717) is 38.0 Å². The van der Waals surface area contributed by atoms with Crippen molar-refractivity contribution in [3.8, 4) is 11.6 Å². The number of phenols is 1. The van der Waals surface area contributed by atoms with Gasteiger partial charge in [0.2, 0.25) is 5.82 Å². The molecule has 1 amide bonds. The molecule has 1 aliphatic rings. The number of nitrogens with one attached hydrogen (secondary N) is 1. The summed E-state index contributed by atoms with van der Waals surface area (Å²) in [7, 11) is 0. The Morgan fingerprint density at radius 3 is 2.88 bits per heavy atom. The zero-order chi connectivity index (χ0) is 17.5. The molecule has 10 heteroatoms. The second-order valence-corrected chi connectivity index (χ2v) is 5.69. The third kappa shape index (κ3) is 4.88. The van der Waals surface area contributed by atoms with Crippen LogP contribution in [0.4, 0.5) is 5.82 Å². The molecule has 2 heterocycles. The van der Waals surface area contributed by atoms with E-state index in [0.717, 1.165) is 17.3 Å². The minimum Gasteiger partial charge on any atom is -0.508 e. The molecule has 1 aliphatic heterocycles. The van der Waals surface area contributed by atoms with Crippen LogP contribution in [0, 0.1) is 0 Å². The number of benzene rings is 1. The molecule has 1 aromatic heterocycles. The van der Waals surface area contributed by atoms with Crippen molar-refractivity contribution in [1.29, 1.82) is 0 Å². The molecule has 0 unspecified atom stereocenters. The molecule has 0 saturated carbocycles. The summed E-state index contributed by atoms with van der Waals surface area (Å²) < 4.78 is 19.1. The van der Waals surface area contributed by atoms with Gasteiger partial charge in [-0.05, 0) is 29.8 Å². The SMILES string of the molecule is O=C(COc1nsnc1N1CCOCC1)N/N=C\c1ccc(O)cc1. The summed E-state index contributed by atoms with van der Waals surface area (Å²) >= 11 is 1.04. The van der Waals surface area contributed by atoms with Gasteiger partial charge in [-0.25, -0.2) is 5.43 Å². The molecule has 9 nitrogen and oxygen atoms in total. The molecule has 0 aliphatic carbocycles. The van der Waals surface area contributed by atoms with Crippen LogP contribution in [0.5, 0.6) is 11.6 Å². The number of hydrogen-bond acceptors (Lipinski definition) is 9. The molecule has 0 atom stereocenters. The predicted molar refractivity (Wildman–Crippen MR) is 92.3 cm³/mol. The van der Waals surface area contributed by atoms with Crippen LogP contribution < -0.4 is 15.1 Å². The Balaban J connectivity index is 1.48. The first-order chi connectivity index (χ1) is 12.2. The van der Waals surface area contributed by atoms with E-state index >= 15 is 0 Å². The van der Waals surface area contributed by atoms with E-state index in [-0.39, 0.29) is 12.4 Å². The number of phenolic OH excluding ortho intramolecular Hbond substituents is 1. The highest BCUT2D eigenvalue weighted by Gasteiger charge is 2.20. The number of carbonyl (C=O) groups excluding carboxylic acids is 1. The Morgan fingerprint density at radius 1 is 1.36 bits per heavy atom. The first-order valence-electron chi connectivity index (χ1n) is 7.61. The molecule has 1 aromatic carbocycles. The summed E-state index contributed by atoms with van der Waals surface area (Å²) in [6.07, 6.45) is 1.47. The number of anilines is 1. The Hall–Kier alpha value is -2.72. The first-order valence-corrected chi connectivity index (χ1v) is 8.34. The van der Waals surface area contributed by atoms with E-state index in [9.17, 15) is 9.90 Å². The number of ether oxygens (including phenoxy) is 2. The average Bonchev–Trinajstić information content (AvgIpc) is 3.11. The van der Waals surface area contributed by atoms with E-state index in [1.54, 1.807) is 12.1 Å². The third-order valence-electron chi connectivity index (χ3n) is 3.39. The van der Waals surface area contributed by atoms with Crippen LogP contribution in [0.1, 0.15) is 5.56 Å². The topological polar surface area (TPSA) is 109 Å². The fraction of sp³-hybridized carbons (Fsp3) is 0.333. The fourth-order valence-corrected chi connectivity index (χ4v) is 2.66. The lowest BCUT2D eigenvalue weighted by atomic mass is 10.2. The number of carbonyl (C=O) groups is 1. The van der Waals surface area contributed by atoms with Gasteiger partial charge in [-0.1, -0.05) is 0 Å². The summed E-state index contributed by atoms with van der Waals surface area (Å²) in [6.45, 7) is 2.47. The van der Waals surface area contributed by atoms with Gasteiger partial charge in [-0.15, -0.1) is 4.37 Å². The zero-order valence-electron chi connectivity index (χ0n) is 13.3. The molecule has 2 aromatic rings. The Kier molecular flexibility index (Phi) is 5.75. The van der Waals surface area contributed by atoms with E-state index in [1.165, 1.54) is 18.3 Å². The van der Waals surface area contributed by atoms with E-state index in [2.05, 4.69) is 19.3 Å². The largest absolute Gasteiger partial charge is 0.508 e. The lowest BCUT2D eigenvalue weighted by molar-refractivity contribution is -0.123. The number of aromatic nitrogens is 2. The quantitative estimate of drug-likeness (QED) is 0.572. The second kappa shape index (κ2) is 8.40. The summed E-state index contributed by atoms with van der Waals surface area (Å²) in [5.41, 5.74) is 3.12. The van der Waals surface area contributed by atoms with Crippen molar-refractivity contribution in [3.05, 3.63) is 29.8 Å². The van der Waals surface area contributed by atoms with Gasteiger partial charge in [0, 0.05) is 13.1 Å². The van der Waals surface area contributed by atoms with Gasteiger partial charge in [0.05, 0.1) is 31.2 Å². The molecule has 25 heavy (non-hydrogen) atoms. The highest BCUT2D eigenvalue weighted by molar-refractivity contribution is 6.99. The molecule has 0 radical (unpaired) electrons. The number of nitrogens with zero attached hydrogens (tertiary/aromatic N) is 4. The fourth-order valence-electron chi connectivity index (χ4n) is 2.14. The van der Waals surface area contributed by atoms with Gasteiger partial charge < -0.3 is 19.5 Å². The van der Waals surface area contributed by atoms with Crippen molar-refractivity contribution < 1.29 is 19.4 Å². The molecule has 1 fully saturated rings. The van der Waals surface area contributed by atoms with Crippen molar-refractivity contribution in [1.82, 2.24) is 14.2 Å². The number of rotatable bonds is 6. The van der Waals surface area contributed by atoms with E-state index in [4.69, 9.17) is 9.47 Å². The van der Waals surface area contributed by atoms with Gasteiger partial charge in [0.1, 0.15) is 5.75 Å². The zero-order valence-corrected chi connectivity index (χ0v) is 14.1. The van der Waals surface area contributed by atoms with E-state index < -0.39 is 5.91 Å². The van der Waals surface area contributed by atoms with Crippen molar-refractivity contribution in [2.45, 2.75) is 0 Å². The molecule has 0 bridgehead atoms. The number of hydrogen-bond donors (Lipinski definition) is 2. The second-order valence-electron chi connectivity index (χ2n) is 5.17. The maximum absolute atomic E-state index is 11.8. The Labute approximate surface area is 148 Å². The maximum Gasteiger partial charge on any atom is 0.278 e. The molecular formula is C15H17N5O4S. The van der Waals surface area contributed by atoms with Crippen molar-refractivity contribution in [2.75, 3.05) is 37.8 Å². The molecular weight excluding hydrogens is 346 g/mol. The first kappa shape index (κ1) is 17.1. The molecule has 2 N–H and O–H groups in total. The number of hydrazone groups is 1. The van der Waals surface area contributed by atoms with Crippen LogP contribution in [0.3, 0.4) is 0 Å². The minimum absolute atomic E-state index is 0.169. The van der Waals surface area contributed by atoms with Crippen LogP contribution in [0.15, 0.2) is 29.4 Å². The van der Waals surface area contributed by atoms with Crippen LogP contribution in [-0.2, 0) is 9.53 Å². The van der Waals surface area contributed by atoms with Gasteiger partial charge in [0.25, 0.3) is 11.8 Å². The molecule has 3 rings (SSSR count). The van der Waals surface area contributed by atoms with Gasteiger partial charge >= 0.3 is 0 Å². The van der Waals surface area contributed by atoms with Crippen LogP contribution >= 0.6 is 11.7 Å². The maximum atomic E-state index is 11.8. The van der Waals surface area contributed by atoms with Crippen molar-refractivity contribution in [3.63, 3.8) is 0 Å². The standard InChI is InChI=1S/C15H17N5O4S/c21-12-3-1-11(2-4-12)9-16-17-13(22)10-24-15-14(18-25-19-15)20-5-7-23-8-6-20/h1-4,9,21H,5-8,10H2,(H,17,22)/b16-9-. The van der Waals surface area contributed by atoms with Crippen LogP contribution in [-0.4, -0.2) is 58.9 Å². The highest BCUT2D eigenvalue weighted by atomic mass is 32.1. The Morgan fingerprint density at radius 2 is 2.12 bits per heavy atom. The lowest BCUT2D eigenvalue weighted by Crippen LogP contribution is -2.36. The summed E-state index contributed by atoms with van der Waals surface area (Å²) in [4.78, 5) is 13.8. The molecule has 132 valence electrons. The summed E-state index contributed by atoms with van der Waals surface area (Å²) in [5, 5.41) is 13.0. The Bertz CT molecular complexity index is 728. The van der Waals surface area contributed by atoms with E-state index in [1.807, 2.05) is 4.90 Å². The monoisotopic (exact) mass is 363 g/mol. The number of morpholine rings is 1. The smallest absolute Gasteiger partial charge is 0.278 e.